The minimum atomic E-state index is -0.711. The molecule has 164 valence electrons. The van der Waals surface area contributed by atoms with Crippen molar-refractivity contribution in [2.45, 2.75) is 63.7 Å². The fourth-order valence-electron chi connectivity index (χ4n) is 5.15. The average molecular weight is 416 g/mol. The van der Waals surface area contributed by atoms with Crippen LogP contribution in [0.25, 0.3) is 0 Å². The molecule has 2 fully saturated rings. The quantitative estimate of drug-likeness (QED) is 0.398. The Labute approximate surface area is 179 Å². The number of allylic oxidation sites excluding steroid dienone is 1. The summed E-state index contributed by atoms with van der Waals surface area (Å²) in [4.78, 5) is 14.6. The molecular formula is C24H33NO5. The summed E-state index contributed by atoms with van der Waals surface area (Å²) in [6, 6.07) is 5.63. The first-order chi connectivity index (χ1) is 14.3. The number of fused-ring (bicyclic) bond motifs is 2. The molecule has 3 atom stereocenters. The van der Waals surface area contributed by atoms with Crippen molar-refractivity contribution in [3.63, 3.8) is 0 Å². The normalized spacial score (nSPS) is 29.2. The van der Waals surface area contributed by atoms with Crippen molar-refractivity contribution in [1.29, 1.82) is 0 Å². The van der Waals surface area contributed by atoms with Gasteiger partial charge in [-0.2, -0.15) is 0 Å². The lowest BCUT2D eigenvalue weighted by Gasteiger charge is -2.56. The molecule has 2 aliphatic heterocycles. The fraction of sp³-hybridized carbons (Fsp3) is 0.625. The maximum absolute atomic E-state index is 12.1. The third-order valence-electron chi connectivity index (χ3n) is 6.33. The molecule has 1 aliphatic carbocycles. The van der Waals surface area contributed by atoms with Gasteiger partial charge in [0.2, 0.25) is 0 Å². The van der Waals surface area contributed by atoms with Crippen LogP contribution in [0.15, 0.2) is 30.9 Å². The van der Waals surface area contributed by atoms with Gasteiger partial charge in [0.1, 0.15) is 17.1 Å². The Hall–Kier alpha value is -2.05. The zero-order valence-electron chi connectivity index (χ0n) is 18.3. The number of carbonyl (C=O) groups is 1. The van der Waals surface area contributed by atoms with Crippen molar-refractivity contribution < 1.29 is 23.7 Å². The van der Waals surface area contributed by atoms with Crippen LogP contribution in [0.1, 0.15) is 57.9 Å². The number of hydrogen-bond donors (Lipinski definition) is 0. The highest BCUT2D eigenvalue weighted by Gasteiger charge is 2.53. The van der Waals surface area contributed by atoms with Crippen LogP contribution in [-0.2, 0) is 9.47 Å². The highest BCUT2D eigenvalue weighted by atomic mass is 16.7. The van der Waals surface area contributed by atoms with Crippen molar-refractivity contribution in [2.24, 2.45) is 5.92 Å². The van der Waals surface area contributed by atoms with E-state index in [9.17, 15) is 4.79 Å². The molecule has 0 N–H and O–H groups in total. The average Bonchev–Trinajstić information content (AvgIpc) is 2.71. The van der Waals surface area contributed by atoms with Gasteiger partial charge in [0.05, 0.1) is 13.2 Å². The van der Waals surface area contributed by atoms with E-state index in [0.29, 0.717) is 11.7 Å². The summed E-state index contributed by atoms with van der Waals surface area (Å²) in [7, 11) is 0. The summed E-state index contributed by atoms with van der Waals surface area (Å²) in [5.41, 5.74) is 0.140. The largest absolute Gasteiger partial charge is 0.514 e. The van der Waals surface area contributed by atoms with E-state index in [1.807, 2.05) is 39.0 Å². The summed E-state index contributed by atoms with van der Waals surface area (Å²) < 4.78 is 23.1. The van der Waals surface area contributed by atoms with Gasteiger partial charge in [-0.25, -0.2) is 4.79 Å². The Morgan fingerprint density at radius 2 is 2.03 bits per heavy atom. The standard InChI is InChI=1S/C24H33NO5/c1-5-18-19-10-9-17(28-22(26)30-23(2,3)4)16-21(19)29-24(11-7-6-8-20(18)24)25-12-14-27-15-13-25/h5,9-10,16,18,20H,1,6-8,11-15H2,2-4H3/t18-,20+,24+/m0/s1. The van der Waals surface area contributed by atoms with Gasteiger partial charge in [-0.1, -0.05) is 18.6 Å². The molecule has 0 bridgehead atoms. The van der Waals surface area contributed by atoms with Gasteiger partial charge in [-0.15, -0.1) is 6.58 Å². The molecule has 1 saturated heterocycles. The molecule has 6 heteroatoms. The molecule has 0 unspecified atom stereocenters. The summed E-state index contributed by atoms with van der Waals surface area (Å²) in [5, 5.41) is 0. The van der Waals surface area contributed by atoms with E-state index in [2.05, 4.69) is 17.6 Å². The van der Waals surface area contributed by atoms with Crippen molar-refractivity contribution >= 4 is 6.16 Å². The minimum Gasteiger partial charge on any atom is -0.472 e. The van der Waals surface area contributed by atoms with Gasteiger partial charge in [0, 0.05) is 43.0 Å². The van der Waals surface area contributed by atoms with Crippen LogP contribution >= 0.6 is 0 Å². The minimum absolute atomic E-state index is 0.201. The Morgan fingerprint density at radius 3 is 2.73 bits per heavy atom. The molecule has 1 aromatic rings. The van der Waals surface area contributed by atoms with E-state index in [1.165, 1.54) is 6.42 Å². The lowest BCUT2D eigenvalue weighted by atomic mass is 9.68. The smallest absolute Gasteiger partial charge is 0.472 e. The molecule has 0 radical (unpaired) electrons. The Bertz CT molecular complexity index is 795. The number of ether oxygens (including phenoxy) is 4. The number of carbonyl (C=O) groups excluding carboxylic acids is 1. The van der Waals surface area contributed by atoms with E-state index >= 15 is 0 Å². The van der Waals surface area contributed by atoms with Crippen molar-refractivity contribution in [3.05, 3.63) is 36.4 Å². The fourth-order valence-corrected chi connectivity index (χ4v) is 5.15. The van der Waals surface area contributed by atoms with Crippen LogP contribution in [0.2, 0.25) is 0 Å². The van der Waals surface area contributed by atoms with Gasteiger partial charge >= 0.3 is 6.16 Å². The zero-order chi connectivity index (χ0) is 21.4. The molecule has 0 aromatic heterocycles. The molecule has 0 amide bonds. The monoisotopic (exact) mass is 415 g/mol. The Kier molecular flexibility index (Phi) is 5.82. The molecule has 3 aliphatic rings. The van der Waals surface area contributed by atoms with Crippen LogP contribution in [0.4, 0.5) is 4.79 Å². The molecule has 2 heterocycles. The first kappa shape index (κ1) is 21.2. The summed E-state index contributed by atoms with van der Waals surface area (Å²) >= 11 is 0. The van der Waals surface area contributed by atoms with Crippen LogP contribution in [0.5, 0.6) is 11.5 Å². The second-order valence-corrected chi connectivity index (χ2v) is 9.43. The Morgan fingerprint density at radius 1 is 1.27 bits per heavy atom. The lowest BCUT2D eigenvalue weighted by molar-refractivity contribution is -0.183. The highest BCUT2D eigenvalue weighted by molar-refractivity contribution is 5.65. The second-order valence-electron chi connectivity index (χ2n) is 9.43. The van der Waals surface area contributed by atoms with Gasteiger partial charge in [0.25, 0.3) is 0 Å². The van der Waals surface area contributed by atoms with Crippen LogP contribution in [0, 0.1) is 5.92 Å². The highest BCUT2D eigenvalue weighted by Crippen LogP contribution is 2.53. The Balaban J connectivity index is 1.66. The molecule has 0 spiro atoms. The van der Waals surface area contributed by atoms with Gasteiger partial charge < -0.3 is 18.9 Å². The van der Waals surface area contributed by atoms with Gasteiger partial charge in [-0.3, -0.25) is 4.90 Å². The zero-order valence-corrected chi connectivity index (χ0v) is 18.3. The van der Waals surface area contributed by atoms with E-state index < -0.39 is 11.8 Å². The third-order valence-corrected chi connectivity index (χ3v) is 6.33. The van der Waals surface area contributed by atoms with Crippen molar-refractivity contribution in [1.82, 2.24) is 4.90 Å². The molecule has 1 saturated carbocycles. The van der Waals surface area contributed by atoms with E-state index in [-0.39, 0.29) is 11.6 Å². The van der Waals surface area contributed by atoms with Gasteiger partial charge in [0.15, 0.2) is 5.72 Å². The first-order valence-electron chi connectivity index (χ1n) is 11.0. The lowest BCUT2D eigenvalue weighted by Crippen LogP contribution is -2.64. The SMILES string of the molecule is C=C[C@H]1c2ccc(OC(=O)OC(C)(C)C)cc2O[C@]2(N3CCOCC3)CCCC[C@H]12. The van der Waals surface area contributed by atoms with Crippen LogP contribution in [0.3, 0.4) is 0 Å². The number of nitrogens with zero attached hydrogens (tertiary/aromatic N) is 1. The molecule has 6 nitrogen and oxygen atoms in total. The maximum atomic E-state index is 12.1. The van der Waals surface area contributed by atoms with Crippen molar-refractivity contribution in [2.75, 3.05) is 26.3 Å². The predicted octanol–water partition coefficient (Wildman–Crippen LogP) is 4.88. The van der Waals surface area contributed by atoms with Crippen LogP contribution < -0.4 is 9.47 Å². The molecule has 4 rings (SSSR count). The number of benzene rings is 1. The number of morpholine rings is 1. The molecule has 1 aromatic carbocycles. The van der Waals surface area contributed by atoms with E-state index in [0.717, 1.165) is 56.9 Å². The van der Waals surface area contributed by atoms with Gasteiger partial charge in [-0.05, 0) is 39.7 Å². The predicted molar refractivity (Wildman–Crippen MR) is 114 cm³/mol. The van der Waals surface area contributed by atoms with Crippen LogP contribution in [-0.4, -0.2) is 48.7 Å². The molecular weight excluding hydrogens is 382 g/mol. The van der Waals surface area contributed by atoms with E-state index in [1.54, 1.807) is 0 Å². The maximum Gasteiger partial charge on any atom is 0.514 e. The van der Waals surface area contributed by atoms with E-state index in [4.69, 9.17) is 18.9 Å². The second kappa shape index (κ2) is 8.23. The van der Waals surface area contributed by atoms with Crippen molar-refractivity contribution in [3.8, 4) is 11.5 Å². The first-order valence-corrected chi connectivity index (χ1v) is 11.0. The number of hydrogen-bond acceptors (Lipinski definition) is 6. The summed E-state index contributed by atoms with van der Waals surface area (Å²) in [6.45, 7) is 12.8. The summed E-state index contributed by atoms with van der Waals surface area (Å²) in [6.07, 6.45) is 5.79. The number of rotatable bonds is 3. The topological polar surface area (TPSA) is 57.2 Å². The molecule has 30 heavy (non-hydrogen) atoms. The third kappa shape index (κ3) is 4.08. The summed E-state index contributed by atoms with van der Waals surface area (Å²) in [5.74, 6) is 1.75.